The molecule has 1 aliphatic carbocycles. The lowest BCUT2D eigenvalue weighted by molar-refractivity contribution is -0.117. The molecule has 2 aliphatic rings. The number of allylic oxidation sites excluding steroid dienone is 3. The third kappa shape index (κ3) is 2.56. The summed E-state index contributed by atoms with van der Waals surface area (Å²) in [4.78, 5) is 28.7. The van der Waals surface area contributed by atoms with Crippen LogP contribution in [0.5, 0.6) is 0 Å². The number of piperazine rings is 1. The lowest BCUT2D eigenvalue weighted by atomic mass is 9.94. The molecule has 1 aliphatic heterocycles. The highest BCUT2D eigenvalue weighted by atomic mass is 16.1. The summed E-state index contributed by atoms with van der Waals surface area (Å²) in [7, 11) is 0. The number of nitrogens with zero attached hydrogens (tertiary/aromatic N) is 2. The Hall–Kier alpha value is -2.36. The van der Waals surface area contributed by atoms with Crippen LogP contribution in [0.4, 0.5) is 5.69 Å². The Kier molecular flexibility index (Phi) is 3.84. The first-order valence-electron chi connectivity index (χ1n) is 7.61. The van der Waals surface area contributed by atoms with E-state index in [-0.39, 0.29) is 11.6 Å². The summed E-state index contributed by atoms with van der Waals surface area (Å²) in [5.74, 6) is -0.0529. The van der Waals surface area contributed by atoms with Crippen LogP contribution in [0.2, 0.25) is 0 Å². The maximum atomic E-state index is 12.4. The Balaban J connectivity index is 1.71. The van der Waals surface area contributed by atoms with Crippen molar-refractivity contribution in [3.8, 4) is 0 Å². The molecule has 0 bridgehead atoms. The first-order valence-corrected chi connectivity index (χ1v) is 7.61. The van der Waals surface area contributed by atoms with E-state index in [4.69, 9.17) is 0 Å². The molecule has 0 N–H and O–H groups in total. The topological polar surface area (TPSA) is 40.6 Å². The standard InChI is InChI=1S/C18H20N2O2/c1-13-14(2)18(22)16(12-17(13)21)20-10-8-19(9-11-20)15-6-4-3-5-7-15/h3-7,12H,8-11H2,1-2H3. The van der Waals surface area contributed by atoms with E-state index < -0.39 is 0 Å². The van der Waals surface area contributed by atoms with Gasteiger partial charge in [-0.25, -0.2) is 0 Å². The Morgan fingerprint density at radius 2 is 1.41 bits per heavy atom. The number of para-hydroxylation sites is 1. The number of hydrogen-bond acceptors (Lipinski definition) is 4. The van der Waals surface area contributed by atoms with Crippen LogP contribution in [0.1, 0.15) is 13.8 Å². The van der Waals surface area contributed by atoms with E-state index in [2.05, 4.69) is 17.0 Å². The summed E-state index contributed by atoms with van der Waals surface area (Å²) < 4.78 is 0. The van der Waals surface area contributed by atoms with E-state index in [0.29, 0.717) is 16.8 Å². The van der Waals surface area contributed by atoms with Gasteiger partial charge in [0.25, 0.3) is 0 Å². The maximum absolute atomic E-state index is 12.4. The molecule has 4 heteroatoms. The monoisotopic (exact) mass is 296 g/mol. The molecular formula is C18H20N2O2. The van der Waals surface area contributed by atoms with E-state index in [1.165, 1.54) is 11.8 Å². The average molecular weight is 296 g/mol. The van der Waals surface area contributed by atoms with Gasteiger partial charge in [-0.1, -0.05) is 18.2 Å². The summed E-state index contributed by atoms with van der Waals surface area (Å²) in [5, 5.41) is 0. The second-order valence-corrected chi connectivity index (χ2v) is 5.78. The molecule has 1 aromatic carbocycles. The van der Waals surface area contributed by atoms with Crippen molar-refractivity contribution in [1.82, 2.24) is 4.90 Å². The van der Waals surface area contributed by atoms with Crippen LogP contribution in [0, 0.1) is 0 Å². The van der Waals surface area contributed by atoms with Gasteiger partial charge in [-0.3, -0.25) is 9.59 Å². The van der Waals surface area contributed by atoms with Crippen molar-refractivity contribution in [1.29, 1.82) is 0 Å². The SMILES string of the molecule is CC1=C(C)C(=O)C(N2CCN(c3ccccc3)CC2)=CC1=O. The van der Waals surface area contributed by atoms with Crippen LogP contribution in [0.25, 0.3) is 0 Å². The minimum atomic E-state index is -0.0439. The molecule has 0 radical (unpaired) electrons. The van der Waals surface area contributed by atoms with Crippen LogP contribution in [-0.2, 0) is 9.59 Å². The van der Waals surface area contributed by atoms with Crippen molar-refractivity contribution in [3.05, 3.63) is 53.3 Å². The van der Waals surface area contributed by atoms with Gasteiger partial charge in [-0.2, -0.15) is 0 Å². The van der Waals surface area contributed by atoms with Crippen molar-refractivity contribution in [2.75, 3.05) is 31.1 Å². The van der Waals surface area contributed by atoms with Gasteiger partial charge in [0.15, 0.2) is 5.78 Å². The maximum Gasteiger partial charge on any atom is 0.205 e. The van der Waals surface area contributed by atoms with E-state index in [1.54, 1.807) is 13.8 Å². The Bertz CT molecular complexity index is 666. The quantitative estimate of drug-likeness (QED) is 0.784. The fourth-order valence-electron chi connectivity index (χ4n) is 2.92. The van der Waals surface area contributed by atoms with Gasteiger partial charge in [0, 0.05) is 49.1 Å². The highest BCUT2D eigenvalue weighted by Gasteiger charge is 2.29. The van der Waals surface area contributed by atoms with Gasteiger partial charge in [0.05, 0.1) is 5.70 Å². The van der Waals surface area contributed by atoms with Crippen LogP contribution in [-0.4, -0.2) is 42.6 Å². The van der Waals surface area contributed by atoms with Crippen LogP contribution in [0.15, 0.2) is 53.3 Å². The lowest BCUT2D eigenvalue weighted by Gasteiger charge is -2.38. The highest BCUT2D eigenvalue weighted by Crippen LogP contribution is 2.23. The number of carbonyl (C=O) groups is 2. The molecule has 22 heavy (non-hydrogen) atoms. The molecule has 1 saturated heterocycles. The van der Waals surface area contributed by atoms with E-state index in [9.17, 15) is 9.59 Å². The summed E-state index contributed by atoms with van der Waals surface area (Å²) in [5.41, 5.74) is 2.90. The molecule has 1 aromatic rings. The number of carbonyl (C=O) groups excluding carboxylic acids is 2. The van der Waals surface area contributed by atoms with E-state index in [1.807, 2.05) is 23.1 Å². The summed E-state index contributed by atoms with van der Waals surface area (Å²) >= 11 is 0. The second-order valence-electron chi connectivity index (χ2n) is 5.78. The fourth-order valence-corrected chi connectivity index (χ4v) is 2.92. The van der Waals surface area contributed by atoms with Gasteiger partial charge < -0.3 is 9.80 Å². The minimum Gasteiger partial charge on any atom is -0.368 e. The molecule has 3 rings (SSSR count). The highest BCUT2D eigenvalue weighted by molar-refractivity contribution is 6.22. The predicted octanol–water partition coefficient (Wildman–Crippen LogP) is 2.18. The van der Waals surface area contributed by atoms with E-state index >= 15 is 0 Å². The number of hydrogen-bond donors (Lipinski definition) is 0. The predicted molar refractivity (Wildman–Crippen MR) is 86.7 cm³/mol. The first-order chi connectivity index (χ1) is 10.6. The molecule has 4 nitrogen and oxygen atoms in total. The Morgan fingerprint density at radius 1 is 0.818 bits per heavy atom. The van der Waals surface area contributed by atoms with Crippen LogP contribution in [0.3, 0.4) is 0 Å². The number of Topliss-reactive ketones (excluding diaryl/α,β-unsaturated/α-hetero) is 1. The Morgan fingerprint density at radius 3 is 2.05 bits per heavy atom. The van der Waals surface area contributed by atoms with Crippen LogP contribution < -0.4 is 4.90 Å². The average Bonchev–Trinajstić information content (AvgIpc) is 2.57. The number of anilines is 1. The molecule has 0 aromatic heterocycles. The molecule has 0 spiro atoms. The zero-order valence-corrected chi connectivity index (χ0v) is 13.0. The molecule has 1 heterocycles. The molecule has 1 fully saturated rings. The van der Waals surface area contributed by atoms with Crippen molar-refractivity contribution in [2.45, 2.75) is 13.8 Å². The van der Waals surface area contributed by atoms with Gasteiger partial charge in [-0.15, -0.1) is 0 Å². The van der Waals surface area contributed by atoms with E-state index in [0.717, 1.165) is 26.2 Å². The zero-order chi connectivity index (χ0) is 15.7. The van der Waals surface area contributed by atoms with Crippen molar-refractivity contribution >= 4 is 17.3 Å². The number of ketones is 2. The smallest absolute Gasteiger partial charge is 0.205 e. The zero-order valence-electron chi connectivity index (χ0n) is 13.0. The van der Waals surface area contributed by atoms with Crippen molar-refractivity contribution in [2.24, 2.45) is 0 Å². The molecular weight excluding hydrogens is 276 g/mol. The Labute approximate surface area is 130 Å². The van der Waals surface area contributed by atoms with Crippen LogP contribution >= 0.6 is 0 Å². The first kappa shape index (κ1) is 14.6. The minimum absolute atomic E-state index is 0.00902. The van der Waals surface area contributed by atoms with Gasteiger partial charge in [0.1, 0.15) is 0 Å². The largest absolute Gasteiger partial charge is 0.368 e. The molecule has 0 atom stereocenters. The second kappa shape index (κ2) is 5.79. The molecule has 0 amide bonds. The molecule has 114 valence electrons. The normalized spacial score (nSPS) is 19.6. The summed E-state index contributed by atoms with van der Waals surface area (Å²) in [6, 6.07) is 10.3. The number of rotatable bonds is 2. The fraction of sp³-hybridized carbons (Fsp3) is 0.333. The van der Waals surface area contributed by atoms with Gasteiger partial charge >= 0.3 is 0 Å². The van der Waals surface area contributed by atoms with Gasteiger partial charge in [0.2, 0.25) is 5.78 Å². The van der Waals surface area contributed by atoms with Crippen molar-refractivity contribution in [3.63, 3.8) is 0 Å². The third-order valence-corrected chi connectivity index (χ3v) is 4.51. The molecule has 0 unspecified atom stereocenters. The van der Waals surface area contributed by atoms with Gasteiger partial charge in [-0.05, 0) is 26.0 Å². The van der Waals surface area contributed by atoms with Crippen molar-refractivity contribution < 1.29 is 9.59 Å². The summed E-state index contributed by atoms with van der Waals surface area (Å²) in [6.45, 7) is 6.67. The summed E-state index contributed by atoms with van der Waals surface area (Å²) in [6.07, 6.45) is 1.50. The third-order valence-electron chi connectivity index (χ3n) is 4.51. The number of benzene rings is 1. The lowest BCUT2D eigenvalue weighted by Crippen LogP contribution is -2.47. The molecule has 0 saturated carbocycles.